The largest absolute Gasteiger partial charge is 0.423 e. The van der Waals surface area contributed by atoms with Crippen LogP contribution in [0.15, 0.2) is 54.6 Å². The van der Waals surface area contributed by atoms with Crippen molar-refractivity contribution in [2.24, 2.45) is 0 Å². The number of aromatic nitrogens is 1. The van der Waals surface area contributed by atoms with Crippen LogP contribution in [-0.2, 0) is 0 Å². The van der Waals surface area contributed by atoms with Gasteiger partial charge in [-0.3, -0.25) is 0 Å². The van der Waals surface area contributed by atoms with E-state index in [0.717, 1.165) is 33.2 Å². The zero-order chi connectivity index (χ0) is 22.3. The second-order valence-corrected chi connectivity index (χ2v) is 8.64. The van der Waals surface area contributed by atoms with Crippen LogP contribution in [0.4, 0.5) is 0 Å². The van der Waals surface area contributed by atoms with Crippen LogP contribution in [0.2, 0.25) is 10.0 Å². The molecular weight excluding hydrogens is 429 g/mol. The Bertz CT molecular complexity index is 1350. The Morgan fingerprint density at radius 2 is 1.61 bits per heavy atom. The molecule has 0 aliphatic heterocycles. The van der Waals surface area contributed by atoms with E-state index in [1.54, 1.807) is 30.3 Å². The van der Waals surface area contributed by atoms with Gasteiger partial charge >= 0.3 is 5.97 Å². The number of rotatable bonds is 3. The van der Waals surface area contributed by atoms with Crippen molar-refractivity contribution in [1.82, 2.24) is 4.98 Å². The molecule has 4 aromatic rings. The molecule has 0 unspecified atom stereocenters. The summed E-state index contributed by atoms with van der Waals surface area (Å²) in [4.78, 5) is 18.1. The van der Waals surface area contributed by atoms with Gasteiger partial charge in [0.05, 0.1) is 21.8 Å². The summed E-state index contributed by atoms with van der Waals surface area (Å²) >= 11 is 12.5. The highest BCUT2D eigenvalue weighted by atomic mass is 35.5. The van der Waals surface area contributed by atoms with Gasteiger partial charge in [-0.05, 0) is 86.8 Å². The number of nitrogens with zero attached hydrogens (tertiary/aromatic N) is 1. The molecule has 0 radical (unpaired) electrons. The summed E-state index contributed by atoms with van der Waals surface area (Å²) in [5, 5.41) is 1.76. The summed E-state index contributed by atoms with van der Waals surface area (Å²) in [6.07, 6.45) is 0. The van der Waals surface area contributed by atoms with Crippen molar-refractivity contribution in [2.75, 3.05) is 0 Å². The van der Waals surface area contributed by atoms with Crippen LogP contribution in [-0.4, -0.2) is 11.0 Å². The number of halogens is 2. The van der Waals surface area contributed by atoms with E-state index in [4.69, 9.17) is 32.9 Å². The zero-order valence-corrected chi connectivity index (χ0v) is 19.2. The summed E-state index contributed by atoms with van der Waals surface area (Å²) in [7, 11) is 0. The highest BCUT2D eigenvalue weighted by Crippen LogP contribution is 2.33. The van der Waals surface area contributed by atoms with Crippen LogP contribution in [0, 0.1) is 27.7 Å². The second kappa shape index (κ2) is 8.33. The third-order valence-electron chi connectivity index (χ3n) is 5.36. The molecule has 4 rings (SSSR count). The summed E-state index contributed by atoms with van der Waals surface area (Å²) in [6.45, 7) is 7.98. The average molecular weight is 450 g/mol. The normalized spacial score (nSPS) is 11.0. The number of hydrogen-bond donors (Lipinski definition) is 0. The van der Waals surface area contributed by atoms with E-state index in [1.807, 2.05) is 52.0 Å². The Kier molecular flexibility index (Phi) is 5.74. The Balaban J connectivity index is 1.89. The number of carbonyl (C=O) groups excluding carboxylic acids is 1. The van der Waals surface area contributed by atoms with Crippen LogP contribution in [0.1, 0.15) is 32.6 Å². The molecular formula is C26H21Cl2NO2. The Morgan fingerprint density at radius 1 is 0.839 bits per heavy atom. The first-order chi connectivity index (χ1) is 14.7. The topological polar surface area (TPSA) is 39.2 Å². The molecule has 5 heteroatoms. The number of esters is 1. The lowest BCUT2D eigenvalue weighted by Gasteiger charge is -2.13. The first kappa shape index (κ1) is 21.4. The van der Waals surface area contributed by atoms with E-state index in [1.165, 1.54) is 0 Å². The van der Waals surface area contributed by atoms with Gasteiger partial charge in [0.25, 0.3) is 0 Å². The molecule has 0 saturated carbocycles. The molecule has 31 heavy (non-hydrogen) atoms. The molecule has 3 aromatic carbocycles. The Morgan fingerprint density at radius 3 is 2.32 bits per heavy atom. The first-order valence-corrected chi connectivity index (χ1v) is 10.7. The zero-order valence-electron chi connectivity index (χ0n) is 17.7. The monoisotopic (exact) mass is 449 g/mol. The molecule has 0 fully saturated rings. The van der Waals surface area contributed by atoms with Crippen LogP contribution >= 0.6 is 23.2 Å². The van der Waals surface area contributed by atoms with Gasteiger partial charge in [-0.25, -0.2) is 9.78 Å². The number of carbonyl (C=O) groups is 1. The number of fused-ring (bicyclic) bond motifs is 1. The maximum Gasteiger partial charge on any atom is 0.344 e. The minimum absolute atomic E-state index is 0.438. The van der Waals surface area contributed by atoms with E-state index >= 15 is 0 Å². The molecule has 0 bridgehead atoms. The standard InChI is InChI=1S/C26H21Cl2NO2/c1-14-9-17(4)25-21(10-14)22(26(30)31-19-7-5-15(2)16(3)11-19)13-24(29-25)20-8-6-18(27)12-23(20)28/h5-13H,1-4H3. The van der Waals surface area contributed by atoms with Crippen LogP contribution < -0.4 is 4.74 Å². The Labute approximate surface area is 191 Å². The predicted molar refractivity (Wildman–Crippen MR) is 128 cm³/mol. The predicted octanol–water partition coefficient (Wildman–Crippen LogP) is 7.66. The lowest BCUT2D eigenvalue weighted by atomic mass is 10.00. The fourth-order valence-electron chi connectivity index (χ4n) is 3.62. The summed E-state index contributed by atoms with van der Waals surface area (Å²) in [5.41, 5.74) is 6.69. The smallest absolute Gasteiger partial charge is 0.344 e. The maximum absolute atomic E-state index is 13.3. The molecule has 0 aliphatic carbocycles. The first-order valence-electron chi connectivity index (χ1n) is 9.90. The molecule has 0 amide bonds. The van der Waals surface area contributed by atoms with Crippen molar-refractivity contribution in [3.05, 3.63) is 92.5 Å². The molecule has 0 N–H and O–H groups in total. The minimum Gasteiger partial charge on any atom is -0.423 e. The quantitative estimate of drug-likeness (QED) is 0.238. The molecule has 3 nitrogen and oxygen atoms in total. The van der Waals surface area contributed by atoms with Gasteiger partial charge in [0.15, 0.2) is 0 Å². The van der Waals surface area contributed by atoms with E-state index in [9.17, 15) is 4.79 Å². The van der Waals surface area contributed by atoms with E-state index in [2.05, 4.69) is 0 Å². The lowest BCUT2D eigenvalue weighted by Crippen LogP contribution is -2.11. The SMILES string of the molecule is Cc1cc(C)c2nc(-c3ccc(Cl)cc3Cl)cc(C(=O)Oc3ccc(C)c(C)c3)c2c1. The molecule has 0 aliphatic rings. The number of pyridine rings is 1. The average Bonchev–Trinajstić information content (AvgIpc) is 2.70. The molecule has 1 heterocycles. The summed E-state index contributed by atoms with van der Waals surface area (Å²) in [5.74, 6) is 0.0699. The van der Waals surface area contributed by atoms with Gasteiger partial charge < -0.3 is 4.74 Å². The number of ether oxygens (including phenoxy) is 1. The third kappa shape index (κ3) is 4.30. The molecule has 156 valence electrons. The molecule has 0 spiro atoms. The van der Waals surface area contributed by atoms with Crippen molar-refractivity contribution >= 4 is 40.1 Å². The summed E-state index contributed by atoms with van der Waals surface area (Å²) < 4.78 is 5.74. The van der Waals surface area contributed by atoms with Crippen LogP contribution in [0.3, 0.4) is 0 Å². The maximum atomic E-state index is 13.3. The van der Waals surface area contributed by atoms with E-state index in [-0.39, 0.29) is 0 Å². The molecule has 0 saturated heterocycles. The highest BCUT2D eigenvalue weighted by molar-refractivity contribution is 6.36. The van der Waals surface area contributed by atoms with Crippen molar-refractivity contribution in [3.8, 4) is 17.0 Å². The number of hydrogen-bond acceptors (Lipinski definition) is 3. The molecule has 0 atom stereocenters. The second-order valence-electron chi connectivity index (χ2n) is 7.79. The van der Waals surface area contributed by atoms with Crippen LogP contribution in [0.25, 0.3) is 22.2 Å². The van der Waals surface area contributed by atoms with Crippen molar-refractivity contribution in [1.29, 1.82) is 0 Å². The minimum atomic E-state index is -0.438. The van der Waals surface area contributed by atoms with Crippen molar-refractivity contribution in [3.63, 3.8) is 0 Å². The van der Waals surface area contributed by atoms with Crippen molar-refractivity contribution in [2.45, 2.75) is 27.7 Å². The van der Waals surface area contributed by atoms with Gasteiger partial charge in [0.2, 0.25) is 0 Å². The van der Waals surface area contributed by atoms with Gasteiger partial charge in [-0.15, -0.1) is 0 Å². The molecule has 1 aromatic heterocycles. The van der Waals surface area contributed by atoms with Crippen molar-refractivity contribution < 1.29 is 9.53 Å². The fourth-order valence-corrected chi connectivity index (χ4v) is 4.13. The van der Waals surface area contributed by atoms with E-state index in [0.29, 0.717) is 32.6 Å². The number of aryl methyl sites for hydroxylation is 4. The van der Waals surface area contributed by atoms with Gasteiger partial charge in [0, 0.05) is 16.0 Å². The lowest BCUT2D eigenvalue weighted by molar-refractivity contribution is 0.0736. The van der Waals surface area contributed by atoms with Gasteiger partial charge in [-0.1, -0.05) is 40.9 Å². The van der Waals surface area contributed by atoms with Crippen LogP contribution in [0.5, 0.6) is 5.75 Å². The van der Waals surface area contributed by atoms with E-state index < -0.39 is 5.97 Å². The number of benzene rings is 3. The van der Waals surface area contributed by atoms with Gasteiger partial charge in [-0.2, -0.15) is 0 Å². The Hall–Kier alpha value is -2.88. The fraction of sp³-hybridized carbons (Fsp3) is 0.154. The summed E-state index contributed by atoms with van der Waals surface area (Å²) in [6, 6.07) is 16.6. The van der Waals surface area contributed by atoms with Gasteiger partial charge in [0.1, 0.15) is 5.75 Å². The highest BCUT2D eigenvalue weighted by Gasteiger charge is 2.19. The third-order valence-corrected chi connectivity index (χ3v) is 5.91.